The van der Waals surface area contributed by atoms with Crippen molar-refractivity contribution in [2.75, 3.05) is 10.5 Å². The fourth-order valence-electron chi connectivity index (χ4n) is 1.83. The molecule has 1 fully saturated rings. The molecule has 2 aromatic rings. The topological polar surface area (TPSA) is 72.0 Å². The van der Waals surface area contributed by atoms with Crippen LogP contribution in [-0.2, 0) is 10.0 Å². The molecule has 0 atom stereocenters. The van der Waals surface area contributed by atoms with Crippen molar-refractivity contribution in [1.29, 1.82) is 0 Å². The fraction of sp³-hybridized carbons (Fsp3) is 0.333. The Kier molecular flexibility index (Phi) is 3.06. The number of sulfonamides is 1. The van der Waals surface area contributed by atoms with Crippen LogP contribution in [0.15, 0.2) is 24.3 Å². The summed E-state index contributed by atoms with van der Waals surface area (Å²) in [6.45, 7) is 0. The second-order valence-corrected chi connectivity index (χ2v) is 6.80. The highest BCUT2D eigenvalue weighted by atomic mass is 35.5. The molecule has 1 aromatic heterocycles. The second kappa shape index (κ2) is 4.61. The maximum atomic E-state index is 11.9. The quantitative estimate of drug-likeness (QED) is 0.941. The standard InChI is InChI=1S/C12H12ClN3O2S/c13-11-12(16-19(17,18)7-8-5-6-8)15-10-4-2-1-3-9(10)14-11/h1-4,8H,5-7H2,(H,15,16). The van der Waals surface area contributed by atoms with Gasteiger partial charge in [-0.3, -0.25) is 4.72 Å². The van der Waals surface area contributed by atoms with E-state index in [1.807, 2.05) is 12.1 Å². The van der Waals surface area contributed by atoms with Crippen LogP contribution in [-0.4, -0.2) is 24.1 Å². The Bertz CT molecular complexity index is 729. The minimum Gasteiger partial charge on any atom is -0.265 e. The fourth-order valence-corrected chi connectivity index (χ4v) is 3.54. The third-order valence-corrected chi connectivity index (χ3v) is 4.61. The molecule has 100 valence electrons. The first-order valence-electron chi connectivity index (χ1n) is 5.96. The Labute approximate surface area is 116 Å². The van der Waals surface area contributed by atoms with E-state index in [4.69, 9.17) is 11.6 Å². The minimum absolute atomic E-state index is 0.0677. The Hall–Kier alpha value is -1.40. The molecular weight excluding hydrogens is 286 g/mol. The minimum atomic E-state index is -3.40. The molecular formula is C12H12ClN3O2S. The van der Waals surface area contributed by atoms with Gasteiger partial charge in [-0.15, -0.1) is 0 Å². The molecule has 0 aliphatic heterocycles. The summed E-state index contributed by atoms with van der Waals surface area (Å²) in [5.41, 5.74) is 1.24. The zero-order chi connectivity index (χ0) is 13.5. The molecule has 0 spiro atoms. The van der Waals surface area contributed by atoms with E-state index in [9.17, 15) is 8.42 Å². The maximum absolute atomic E-state index is 11.9. The zero-order valence-corrected chi connectivity index (χ0v) is 11.6. The monoisotopic (exact) mass is 297 g/mol. The van der Waals surface area contributed by atoms with Gasteiger partial charge in [-0.1, -0.05) is 23.7 Å². The van der Waals surface area contributed by atoms with Gasteiger partial charge in [-0.05, 0) is 30.9 Å². The van der Waals surface area contributed by atoms with Gasteiger partial charge in [0.2, 0.25) is 10.0 Å². The summed E-state index contributed by atoms with van der Waals surface area (Å²) < 4.78 is 26.2. The second-order valence-electron chi connectivity index (χ2n) is 4.68. The van der Waals surface area contributed by atoms with Crippen LogP contribution in [0.2, 0.25) is 5.15 Å². The predicted octanol–water partition coefficient (Wildman–Crippen LogP) is 2.43. The predicted molar refractivity (Wildman–Crippen MR) is 74.7 cm³/mol. The summed E-state index contributed by atoms with van der Waals surface area (Å²) >= 11 is 5.96. The smallest absolute Gasteiger partial charge is 0.234 e. The van der Waals surface area contributed by atoms with Crippen molar-refractivity contribution in [3.05, 3.63) is 29.4 Å². The van der Waals surface area contributed by atoms with E-state index in [0.717, 1.165) is 12.8 Å². The van der Waals surface area contributed by atoms with Crippen molar-refractivity contribution in [2.45, 2.75) is 12.8 Å². The summed E-state index contributed by atoms with van der Waals surface area (Å²) in [5.74, 6) is 0.489. The average molecular weight is 298 g/mol. The Morgan fingerprint density at radius 2 is 1.84 bits per heavy atom. The van der Waals surface area contributed by atoms with Gasteiger partial charge < -0.3 is 0 Å². The van der Waals surface area contributed by atoms with Gasteiger partial charge in [0.15, 0.2) is 11.0 Å². The van der Waals surface area contributed by atoms with Crippen LogP contribution in [0.1, 0.15) is 12.8 Å². The van der Waals surface area contributed by atoms with Gasteiger partial charge in [0.1, 0.15) is 0 Å². The van der Waals surface area contributed by atoms with Crippen molar-refractivity contribution >= 4 is 38.5 Å². The molecule has 0 amide bonds. The molecule has 1 aromatic carbocycles. The number of rotatable bonds is 4. The summed E-state index contributed by atoms with van der Waals surface area (Å²) in [6, 6.07) is 7.17. The molecule has 1 aliphatic carbocycles. The van der Waals surface area contributed by atoms with Gasteiger partial charge in [0.25, 0.3) is 0 Å². The number of anilines is 1. The number of para-hydroxylation sites is 2. The van der Waals surface area contributed by atoms with E-state index in [0.29, 0.717) is 11.0 Å². The Morgan fingerprint density at radius 1 is 1.21 bits per heavy atom. The Balaban J connectivity index is 1.93. The van der Waals surface area contributed by atoms with Crippen molar-refractivity contribution < 1.29 is 8.42 Å². The lowest BCUT2D eigenvalue weighted by Crippen LogP contribution is -2.19. The van der Waals surface area contributed by atoms with Crippen LogP contribution in [0.3, 0.4) is 0 Å². The third-order valence-electron chi connectivity index (χ3n) is 2.93. The van der Waals surface area contributed by atoms with E-state index >= 15 is 0 Å². The first kappa shape index (κ1) is 12.6. The number of hydrogen-bond acceptors (Lipinski definition) is 4. The van der Waals surface area contributed by atoms with Gasteiger partial charge in [0.05, 0.1) is 16.8 Å². The van der Waals surface area contributed by atoms with E-state index in [1.54, 1.807) is 12.1 Å². The highest BCUT2D eigenvalue weighted by Gasteiger charge is 2.28. The van der Waals surface area contributed by atoms with E-state index in [1.165, 1.54) is 0 Å². The highest BCUT2D eigenvalue weighted by Crippen LogP contribution is 2.31. The Morgan fingerprint density at radius 3 is 2.47 bits per heavy atom. The number of benzene rings is 1. The highest BCUT2D eigenvalue weighted by molar-refractivity contribution is 7.92. The molecule has 7 heteroatoms. The number of nitrogens with zero attached hydrogens (tertiary/aromatic N) is 2. The number of fused-ring (bicyclic) bond motifs is 1. The number of halogens is 1. The largest absolute Gasteiger partial charge is 0.265 e. The molecule has 1 N–H and O–H groups in total. The van der Waals surface area contributed by atoms with Crippen LogP contribution in [0, 0.1) is 5.92 Å². The van der Waals surface area contributed by atoms with E-state index in [-0.39, 0.29) is 22.6 Å². The lowest BCUT2D eigenvalue weighted by Gasteiger charge is -2.08. The van der Waals surface area contributed by atoms with Crippen molar-refractivity contribution in [3.8, 4) is 0 Å². The molecule has 3 rings (SSSR count). The van der Waals surface area contributed by atoms with Gasteiger partial charge in [0, 0.05) is 0 Å². The van der Waals surface area contributed by atoms with Crippen LogP contribution >= 0.6 is 11.6 Å². The first-order valence-corrected chi connectivity index (χ1v) is 7.99. The number of hydrogen-bond donors (Lipinski definition) is 1. The molecule has 5 nitrogen and oxygen atoms in total. The average Bonchev–Trinajstić information content (AvgIpc) is 3.13. The van der Waals surface area contributed by atoms with Gasteiger partial charge in [-0.2, -0.15) is 0 Å². The lowest BCUT2D eigenvalue weighted by atomic mass is 10.3. The third kappa shape index (κ3) is 2.96. The molecule has 0 saturated heterocycles. The molecule has 1 saturated carbocycles. The molecule has 0 unspecified atom stereocenters. The SMILES string of the molecule is O=S(=O)(CC1CC1)Nc1nc2ccccc2nc1Cl. The summed E-state index contributed by atoms with van der Waals surface area (Å²) in [5, 5.41) is 0.0677. The van der Waals surface area contributed by atoms with Crippen molar-refractivity contribution in [2.24, 2.45) is 5.92 Å². The van der Waals surface area contributed by atoms with Gasteiger partial charge in [-0.25, -0.2) is 18.4 Å². The molecule has 0 radical (unpaired) electrons. The van der Waals surface area contributed by atoms with Crippen LogP contribution in [0.4, 0.5) is 5.82 Å². The van der Waals surface area contributed by atoms with E-state index in [2.05, 4.69) is 14.7 Å². The van der Waals surface area contributed by atoms with Crippen LogP contribution in [0.25, 0.3) is 11.0 Å². The van der Waals surface area contributed by atoms with Crippen molar-refractivity contribution in [1.82, 2.24) is 9.97 Å². The van der Waals surface area contributed by atoms with E-state index < -0.39 is 10.0 Å². The van der Waals surface area contributed by atoms with Crippen LogP contribution < -0.4 is 4.72 Å². The normalized spacial score (nSPS) is 15.6. The summed E-state index contributed by atoms with van der Waals surface area (Å²) in [6.07, 6.45) is 1.94. The van der Waals surface area contributed by atoms with Crippen LogP contribution in [0.5, 0.6) is 0 Å². The lowest BCUT2D eigenvalue weighted by molar-refractivity contribution is 0.597. The molecule has 1 aliphatic rings. The molecule has 1 heterocycles. The maximum Gasteiger partial charge on any atom is 0.234 e. The number of aromatic nitrogens is 2. The number of nitrogens with one attached hydrogen (secondary N) is 1. The summed E-state index contributed by atoms with van der Waals surface area (Å²) in [4.78, 5) is 8.33. The summed E-state index contributed by atoms with van der Waals surface area (Å²) in [7, 11) is -3.40. The van der Waals surface area contributed by atoms with Gasteiger partial charge >= 0.3 is 0 Å². The van der Waals surface area contributed by atoms with Crippen molar-refractivity contribution in [3.63, 3.8) is 0 Å². The molecule has 0 bridgehead atoms. The zero-order valence-electron chi connectivity index (χ0n) is 10.0. The first-order chi connectivity index (χ1) is 9.03. The molecule has 19 heavy (non-hydrogen) atoms.